The topological polar surface area (TPSA) is 51.5 Å². The summed E-state index contributed by atoms with van der Waals surface area (Å²) in [4.78, 5) is 2.13. The molecule has 0 N–H and O–H groups in total. The Balaban J connectivity index is 2.09. The van der Waals surface area contributed by atoms with Crippen molar-refractivity contribution in [2.24, 2.45) is 0 Å². The quantitative estimate of drug-likeness (QED) is 0.610. The maximum atomic E-state index is 13.1. The molecule has 0 bridgehead atoms. The van der Waals surface area contributed by atoms with Crippen LogP contribution in [0.25, 0.3) is 10.9 Å². The van der Waals surface area contributed by atoms with Crippen molar-refractivity contribution in [2.75, 3.05) is 27.2 Å². The molecule has 0 amide bonds. The smallest absolute Gasteiger partial charge is 0.268 e. The van der Waals surface area contributed by atoms with Gasteiger partial charge in [0.15, 0.2) is 0 Å². The highest BCUT2D eigenvalue weighted by Crippen LogP contribution is 2.33. The van der Waals surface area contributed by atoms with E-state index < -0.39 is 10.0 Å². The van der Waals surface area contributed by atoms with E-state index in [-0.39, 0.29) is 4.90 Å². The second kappa shape index (κ2) is 7.48. The van der Waals surface area contributed by atoms with E-state index >= 15 is 0 Å². The molecule has 0 saturated carbocycles. The number of fused-ring (bicyclic) bond motifs is 1. The molecule has 5 nitrogen and oxygen atoms in total. The van der Waals surface area contributed by atoms with Crippen molar-refractivity contribution in [3.05, 3.63) is 58.7 Å². The second-order valence-electron chi connectivity index (χ2n) is 6.06. The van der Waals surface area contributed by atoms with Crippen LogP contribution in [0.1, 0.15) is 0 Å². The number of aromatic nitrogens is 1. The predicted molar refractivity (Wildman–Crippen MR) is 105 cm³/mol. The first-order valence-electron chi connectivity index (χ1n) is 7.88. The monoisotopic (exact) mass is 412 g/mol. The lowest BCUT2D eigenvalue weighted by Gasteiger charge is -2.10. The minimum Gasteiger partial charge on any atom is -0.490 e. The maximum Gasteiger partial charge on any atom is 0.268 e. The lowest BCUT2D eigenvalue weighted by atomic mass is 10.2. The Morgan fingerprint density at radius 1 is 1.04 bits per heavy atom. The molecule has 0 radical (unpaired) electrons. The highest BCUT2D eigenvalue weighted by atomic mass is 35.5. The third kappa shape index (κ3) is 3.83. The average Bonchev–Trinajstić information content (AvgIpc) is 2.94. The van der Waals surface area contributed by atoms with Crippen molar-refractivity contribution in [3.63, 3.8) is 0 Å². The fraction of sp³-hybridized carbons (Fsp3) is 0.222. The van der Waals surface area contributed by atoms with Crippen molar-refractivity contribution in [2.45, 2.75) is 4.90 Å². The average molecular weight is 413 g/mol. The minimum atomic E-state index is -3.79. The van der Waals surface area contributed by atoms with Gasteiger partial charge in [0.1, 0.15) is 12.4 Å². The van der Waals surface area contributed by atoms with Crippen LogP contribution < -0.4 is 4.74 Å². The Bertz CT molecular complexity index is 1030. The maximum absolute atomic E-state index is 13.1. The zero-order valence-electron chi connectivity index (χ0n) is 14.3. The SMILES string of the molecule is CN(C)CCOc1cn(S(=O)(=O)c2ccc(Cl)cc2)c2ccc(Cl)cc12. The number of halogens is 2. The van der Waals surface area contributed by atoms with Crippen molar-refractivity contribution in [3.8, 4) is 5.75 Å². The van der Waals surface area contributed by atoms with Gasteiger partial charge >= 0.3 is 0 Å². The zero-order valence-corrected chi connectivity index (χ0v) is 16.6. The number of rotatable bonds is 6. The van der Waals surface area contributed by atoms with E-state index in [1.165, 1.54) is 22.3 Å². The predicted octanol–water partition coefficient (Wildman–Crippen LogP) is 4.13. The van der Waals surface area contributed by atoms with Gasteiger partial charge in [-0.15, -0.1) is 0 Å². The number of nitrogens with zero attached hydrogens (tertiary/aromatic N) is 2. The number of likely N-dealkylation sites (N-methyl/N-ethyl adjacent to an activating group) is 1. The normalized spacial score (nSPS) is 12.0. The first-order chi connectivity index (χ1) is 12.3. The summed E-state index contributed by atoms with van der Waals surface area (Å²) in [5, 5.41) is 1.63. The van der Waals surface area contributed by atoms with Gasteiger partial charge < -0.3 is 9.64 Å². The minimum absolute atomic E-state index is 0.147. The summed E-state index contributed by atoms with van der Waals surface area (Å²) in [7, 11) is 0.0868. The van der Waals surface area contributed by atoms with Crippen molar-refractivity contribution in [1.82, 2.24) is 8.87 Å². The molecule has 0 saturated heterocycles. The molecule has 1 aromatic heterocycles. The molecule has 1 heterocycles. The number of hydrogen-bond donors (Lipinski definition) is 0. The Labute approximate surface area is 162 Å². The summed E-state index contributed by atoms with van der Waals surface area (Å²) < 4.78 is 33.1. The molecular weight excluding hydrogens is 395 g/mol. The highest BCUT2D eigenvalue weighted by molar-refractivity contribution is 7.90. The fourth-order valence-corrected chi connectivity index (χ4v) is 4.17. The van der Waals surface area contributed by atoms with Crippen LogP contribution >= 0.6 is 23.2 Å². The van der Waals surface area contributed by atoms with Crippen molar-refractivity contribution < 1.29 is 13.2 Å². The Kier molecular flexibility index (Phi) is 5.48. The lowest BCUT2D eigenvalue weighted by Crippen LogP contribution is -2.19. The van der Waals surface area contributed by atoms with Crippen LogP contribution in [0.15, 0.2) is 53.6 Å². The van der Waals surface area contributed by atoms with Gasteiger partial charge in [-0.05, 0) is 56.6 Å². The van der Waals surface area contributed by atoms with Gasteiger partial charge in [0, 0.05) is 22.0 Å². The molecule has 0 unspecified atom stereocenters. The van der Waals surface area contributed by atoms with Crippen LogP contribution in [0, 0.1) is 0 Å². The van der Waals surface area contributed by atoms with Crippen LogP contribution in [0.3, 0.4) is 0 Å². The third-order valence-electron chi connectivity index (χ3n) is 3.86. The molecule has 0 aliphatic carbocycles. The number of hydrogen-bond acceptors (Lipinski definition) is 4. The van der Waals surface area contributed by atoms with Crippen LogP contribution in [-0.4, -0.2) is 44.5 Å². The summed E-state index contributed by atoms with van der Waals surface area (Å²) in [5.74, 6) is 0.474. The highest BCUT2D eigenvalue weighted by Gasteiger charge is 2.22. The van der Waals surface area contributed by atoms with E-state index in [9.17, 15) is 8.42 Å². The fourth-order valence-electron chi connectivity index (χ4n) is 2.52. The van der Waals surface area contributed by atoms with E-state index in [4.69, 9.17) is 27.9 Å². The molecule has 0 spiro atoms. The van der Waals surface area contributed by atoms with Crippen LogP contribution in [-0.2, 0) is 10.0 Å². The molecule has 0 atom stereocenters. The summed E-state index contributed by atoms with van der Waals surface area (Å²) in [6.45, 7) is 1.14. The Hall–Kier alpha value is -1.73. The largest absolute Gasteiger partial charge is 0.490 e. The van der Waals surface area contributed by atoms with E-state index in [1.54, 1.807) is 30.3 Å². The summed E-state index contributed by atoms with van der Waals surface area (Å²) in [5.41, 5.74) is 0.504. The lowest BCUT2D eigenvalue weighted by molar-refractivity contribution is 0.263. The molecular formula is C18H18Cl2N2O3S. The van der Waals surface area contributed by atoms with E-state index in [2.05, 4.69) is 0 Å². The molecule has 0 aliphatic heterocycles. The molecule has 0 fully saturated rings. The molecule has 8 heteroatoms. The molecule has 26 heavy (non-hydrogen) atoms. The molecule has 3 aromatic rings. The van der Waals surface area contributed by atoms with Gasteiger partial charge in [-0.1, -0.05) is 23.2 Å². The van der Waals surface area contributed by atoms with E-state index in [0.29, 0.717) is 39.8 Å². The number of ether oxygens (including phenoxy) is 1. The standard InChI is InChI=1S/C18H18Cl2N2O3S/c1-21(2)9-10-25-18-12-22(17-8-5-14(20)11-16(17)18)26(23,24)15-6-3-13(19)4-7-15/h3-8,11-12H,9-10H2,1-2H3. The van der Waals surface area contributed by atoms with Gasteiger partial charge in [0.2, 0.25) is 0 Å². The molecule has 2 aromatic carbocycles. The second-order valence-corrected chi connectivity index (χ2v) is 8.75. The van der Waals surface area contributed by atoms with Gasteiger partial charge in [0.25, 0.3) is 10.0 Å². The van der Waals surface area contributed by atoms with Crippen LogP contribution in [0.4, 0.5) is 0 Å². The van der Waals surface area contributed by atoms with Gasteiger partial charge in [-0.3, -0.25) is 0 Å². The summed E-state index contributed by atoms with van der Waals surface area (Å²) in [6, 6.07) is 11.1. The van der Waals surface area contributed by atoms with Crippen molar-refractivity contribution in [1.29, 1.82) is 0 Å². The first-order valence-corrected chi connectivity index (χ1v) is 10.1. The van der Waals surface area contributed by atoms with Crippen molar-refractivity contribution >= 4 is 44.1 Å². The molecule has 0 aliphatic rings. The third-order valence-corrected chi connectivity index (χ3v) is 6.04. The van der Waals surface area contributed by atoms with Gasteiger partial charge in [-0.25, -0.2) is 12.4 Å². The van der Waals surface area contributed by atoms with Crippen LogP contribution in [0.2, 0.25) is 10.0 Å². The first kappa shape index (κ1) is 19.0. The Morgan fingerprint density at radius 3 is 2.35 bits per heavy atom. The van der Waals surface area contributed by atoms with E-state index in [0.717, 1.165) is 0 Å². The molecule has 3 rings (SSSR count). The Morgan fingerprint density at radius 2 is 1.69 bits per heavy atom. The summed E-state index contributed by atoms with van der Waals surface area (Å²) in [6.07, 6.45) is 1.49. The van der Waals surface area contributed by atoms with Gasteiger partial charge in [-0.2, -0.15) is 0 Å². The molecule has 138 valence electrons. The zero-order chi connectivity index (χ0) is 18.9. The van der Waals surface area contributed by atoms with E-state index in [1.807, 2.05) is 19.0 Å². The van der Waals surface area contributed by atoms with Gasteiger partial charge in [0.05, 0.1) is 16.6 Å². The summed E-state index contributed by atoms with van der Waals surface area (Å²) >= 11 is 12.0. The number of benzene rings is 2. The van der Waals surface area contributed by atoms with Crippen LogP contribution in [0.5, 0.6) is 5.75 Å².